The molecule has 0 radical (unpaired) electrons. The molecule has 0 saturated heterocycles. The first-order chi connectivity index (χ1) is 11.5. The van der Waals surface area contributed by atoms with Crippen LogP contribution in [0.3, 0.4) is 0 Å². The molecular formula is C16H13ClN4O3. The Balaban J connectivity index is 1.81. The highest BCUT2D eigenvalue weighted by molar-refractivity contribution is 6.31. The molecule has 0 aliphatic carbocycles. The topological polar surface area (TPSA) is 97.1 Å². The van der Waals surface area contributed by atoms with Gasteiger partial charge in [-0.05, 0) is 36.6 Å². The number of aromatic carboxylic acids is 1. The number of nitrogens with zero attached hydrogens (tertiary/aromatic N) is 3. The fraction of sp³-hybridized carbons (Fsp3) is 0.125. The normalized spacial score (nSPS) is 10.8. The number of anilines is 1. The summed E-state index contributed by atoms with van der Waals surface area (Å²) in [6.07, 6.45) is 2.91. The molecule has 2 N–H and O–H groups in total. The number of benzene rings is 1. The second-order valence-corrected chi connectivity index (χ2v) is 5.59. The monoisotopic (exact) mass is 344 g/mol. The van der Waals surface area contributed by atoms with E-state index in [0.29, 0.717) is 27.2 Å². The van der Waals surface area contributed by atoms with E-state index in [4.69, 9.17) is 16.7 Å². The van der Waals surface area contributed by atoms with Gasteiger partial charge in [0.05, 0.1) is 16.9 Å². The third-order valence-corrected chi connectivity index (χ3v) is 3.96. The maximum Gasteiger partial charge on any atom is 0.355 e. The Labute approximate surface area is 141 Å². The van der Waals surface area contributed by atoms with Crippen LogP contribution in [0.2, 0.25) is 5.02 Å². The molecule has 0 aliphatic heterocycles. The van der Waals surface area contributed by atoms with Gasteiger partial charge in [-0.25, -0.2) is 9.78 Å². The zero-order chi connectivity index (χ0) is 17.3. The third-order valence-electron chi connectivity index (χ3n) is 3.59. The van der Waals surface area contributed by atoms with E-state index in [-0.39, 0.29) is 18.1 Å². The summed E-state index contributed by atoms with van der Waals surface area (Å²) in [6.45, 7) is 1.81. The molecule has 0 saturated carbocycles. The highest BCUT2D eigenvalue weighted by Crippen LogP contribution is 2.21. The van der Waals surface area contributed by atoms with Gasteiger partial charge in [0.25, 0.3) is 0 Å². The van der Waals surface area contributed by atoms with Crippen molar-refractivity contribution in [2.45, 2.75) is 13.5 Å². The van der Waals surface area contributed by atoms with Crippen LogP contribution < -0.4 is 5.32 Å². The van der Waals surface area contributed by atoms with Crippen molar-refractivity contribution in [2.75, 3.05) is 5.32 Å². The van der Waals surface area contributed by atoms with E-state index in [9.17, 15) is 9.59 Å². The fourth-order valence-electron chi connectivity index (χ4n) is 2.35. The summed E-state index contributed by atoms with van der Waals surface area (Å²) in [4.78, 5) is 27.1. The molecule has 3 rings (SSSR count). The first-order valence-electron chi connectivity index (χ1n) is 7.05. The van der Waals surface area contributed by atoms with Crippen LogP contribution >= 0.6 is 11.6 Å². The van der Waals surface area contributed by atoms with Crippen LogP contribution in [0.4, 0.5) is 5.69 Å². The lowest BCUT2D eigenvalue weighted by molar-refractivity contribution is -0.116. The molecule has 1 aromatic carbocycles. The zero-order valence-corrected chi connectivity index (χ0v) is 13.4. The van der Waals surface area contributed by atoms with Crippen LogP contribution in [0, 0.1) is 6.92 Å². The second kappa shape index (κ2) is 6.29. The van der Waals surface area contributed by atoms with Crippen LogP contribution in [0.15, 0.2) is 36.7 Å². The molecule has 0 bridgehead atoms. The summed E-state index contributed by atoms with van der Waals surface area (Å²) in [5.41, 5.74) is 1.25. The summed E-state index contributed by atoms with van der Waals surface area (Å²) in [6, 6.07) is 6.65. The fourth-order valence-corrected chi connectivity index (χ4v) is 2.49. The number of halogens is 1. The molecule has 0 fully saturated rings. The number of carboxylic acids is 1. The van der Waals surface area contributed by atoms with Gasteiger partial charge in [-0.3, -0.25) is 9.48 Å². The average Bonchev–Trinajstić information content (AvgIpc) is 2.86. The number of carboxylic acid groups (broad SMARTS) is 1. The lowest BCUT2D eigenvalue weighted by Gasteiger charge is -2.08. The number of fused-ring (bicyclic) bond motifs is 1. The van der Waals surface area contributed by atoms with Gasteiger partial charge in [-0.1, -0.05) is 11.6 Å². The van der Waals surface area contributed by atoms with Gasteiger partial charge >= 0.3 is 5.97 Å². The van der Waals surface area contributed by atoms with E-state index >= 15 is 0 Å². The summed E-state index contributed by atoms with van der Waals surface area (Å²) in [7, 11) is 0. The molecule has 0 spiro atoms. The van der Waals surface area contributed by atoms with Crippen LogP contribution in [0.5, 0.6) is 0 Å². The van der Waals surface area contributed by atoms with Crippen LogP contribution in [-0.2, 0) is 11.3 Å². The third kappa shape index (κ3) is 3.07. The Kier molecular flexibility index (Phi) is 4.18. The Morgan fingerprint density at radius 3 is 2.79 bits per heavy atom. The number of hydrogen-bond acceptors (Lipinski definition) is 4. The number of hydrogen-bond donors (Lipinski definition) is 2. The van der Waals surface area contributed by atoms with Gasteiger partial charge in [0, 0.05) is 17.3 Å². The van der Waals surface area contributed by atoms with Crippen molar-refractivity contribution in [1.82, 2.24) is 14.8 Å². The number of aromatic nitrogens is 3. The van der Waals surface area contributed by atoms with Crippen molar-refractivity contribution in [3.63, 3.8) is 0 Å². The minimum absolute atomic E-state index is 0.0211. The molecule has 0 atom stereocenters. The van der Waals surface area contributed by atoms with Crippen molar-refractivity contribution in [2.24, 2.45) is 0 Å². The summed E-state index contributed by atoms with van der Waals surface area (Å²) < 4.78 is 1.51. The summed E-state index contributed by atoms with van der Waals surface area (Å²) in [5.74, 6) is -1.35. The lowest BCUT2D eigenvalue weighted by Crippen LogP contribution is -2.20. The number of rotatable bonds is 4. The molecule has 0 unspecified atom stereocenters. The van der Waals surface area contributed by atoms with Crippen molar-refractivity contribution in [3.05, 3.63) is 53.1 Å². The number of pyridine rings is 1. The highest BCUT2D eigenvalue weighted by atomic mass is 35.5. The highest BCUT2D eigenvalue weighted by Gasteiger charge is 2.12. The number of nitrogens with one attached hydrogen (secondary N) is 1. The van der Waals surface area contributed by atoms with Crippen molar-refractivity contribution >= 4 is 39.9 Å². The molecule has 7 nitrogen and oxygen atoms in total. The SMILES string of the molecule is Cc1c(Cl)cnn1CC(=O)Nc1ccc2c(C(=O)O)nccc2c1. The van der Waals surface area contributed by atoms with Gasteiger partial charge in [-0.2, -0.15) is 5.10 Å². The Hall–Kier alpha value is -2.93. The molecule has 8 heteroatoms. The summed E-state index contributed by atoms with van der Waals surface area (Å²) in [5, 5.41) is 17.6. The van der Waals surface area contributed by atoms with E-state index in [2.05, 4.69) is 15.4 Å². The van der Waals surface area contributed by atoms with Gasteiger partial charge in [0.1, 0.15) is 6.54 Å². The Morgan fingerprint density at radius 1 is 1.33 bits per heavy atom. The molecule has 0 aliphatic rings. The maximum absolute atomic E-state index is 12.1. The van der Waals surface area contributed by atoms with Gasteiger partial charge in [0.2, 0.25) is 5.91 Å². The Bertz CT molecular complexity index is 952. The van der Waals surface area contributed by atoms with Crippen molar-refractivity contribution in [1.29, 1.82) is 0 Å². The van der Waals surface area contributed by atoms with Crippen LogP contribution in [0.25, 0.3) is 10.8 Å². The zero-order valence-electron chi connectivity index (χ0n) is 12.7. The van der Waals surface area contributed by atoms with Gasteiger partial charge in [-0.15, -0.1) is 0 Å². The molecule has 1 amide bonds. The molecule has 2 aromatic heterocycles. The van der Waals surface area contributed by atoms with Gasteiger partial charge in [0.15, 0.2) is 5.69 Å². The van der Waals surface area contributed by atoms with E-state index < -0.39 is 5.97 Å². The first kappa shape index (κ1) is 15.9. The average molecular weight is 345 g/mol. The molecule has 2 heterocycles. The first-order valence-corrected chi connectivity index (χ1v) is 7.43. The van der Waals surface area contributed by atoms with Crippen LogP contribution in [-0.4, -0.2) is 31.7 Å². The number of carbonyl (C=O) groups excluding carboxylic acids is 1. The quantitative estimate of drug-likeness (QED) is 0.758. The van der Waals surface area contributed by atoms with E-state index in [1.54, 1.807) is 31.2 Å². The predicted octanol–water partition coefficient (Wildman–Crippen LogP) is 2.73. The van der Waals surface area contributed by atoms with E-state index in [1.807, 2.05) is 0 Å². The van der Waals surface area contributed by atoms with Gasteiger partial charge < -0.3 is 10.4 Å². The van der Waals surface area contributed by atoms with Crippen molar-refractivity contribution in [3.8, 4) is 0 Å². The number of carbonyl (C=O) groups is 2. The molecule has 3 aromatic rings. The molecule has 122 valence electrons. The van der Waals surface area contributed by atoms with Crippen LogP contribution in [0.1, 0.15) is 16.2 Å². The van der Waals surface area contributed by atoms with E-state index in [0.717, 1.165) is 0 Å². The minimum atomic E-state index is -1.09. The number of amides is 1. The molecule has 24 heavy (non-hydrogen) atoms. The Morgan fingerprint density at radius 2 is 2.12 bits per heavy atom. The van der Waals surface area contributed by atoms with Crippen molar-refractivity contribution < 1.29 is 14.7 Å². The minimum Gasteiger partial charge on any atom is -0.476 e. The standard InChI is InChI=1S/C16H13ClN4O3/c1-9-13(17)7-19-21(9)8-14(22)20-11-2-3-12-10(6-11)4-5-18-15(12)16(23)24/h2-7H,8H2,1H3,(H,20,22)(H,23,24). The molecular weight excluding hydrogens is 332 g/mol. The van der Waals surface area contributed by atoms with E-state index in [1.165, 1.54) is 17.1 Å². The smallest absolute Gasteiger partial charge is 0.355 e. The second-order valence-electron chi connectivity index (χ2n) is 5.18. The lowest BCUT2D eigenvalue weighted by atomic mass is 10.1. The predicted molar refractivity (Wildman–Crippen MR) is 89.3 cm³/mol. The largest absolute Gasteiger partial charge is 0.476 e. The summed E-state index contributed by atoms with van der Waals surface area (Å²) >= 11 is 5.91. The maximum atomic E-state index is 12.1.